The minimum absolute atomic E-state index is 0.179. The molecule has 5 heteroatoms. The highest BCUT2D eigenvalue weighted by Gasteiger charge is 2.08. The minimum atomic E-state index is -3.50. The summed E-state index contributed by atoms with van der Waals surface area (Å²) in [6.45, 7) is 0.186. The zero-order chi connectivity index (χ0) is 17.7. The van der Waals surface area contributed by atoms with Gasteiger partial charge < -0.3 is 4.57 Å². The van der Waals surface area contributed by atoms with Crippen molar-refractivity contribution >= 4 is 9.84 Å². The highest BCUT2D eigenvalue weighted by Crippen LogP contribution is 2.17. The van der Waals surface area contributed by atoms with Crippen LogP contribution in [0.4, 0.5) is 0 Å². The topological polar surface area (TPSA) is 56.1 Å². The normalized spacial score (nSPS) is 11.7. The van der Waals surface area contributed by atoms with E-state index in [-0.39, 0.29) is 17.0 Å². The van der Waals surface area contributed by atoms with Crippen molar-refractivity contribution in [3.8, 4) is 11.1 Å². The van der Waals surface area contributed by atoms with E-state index >= 15 is 0 Å². The summed E-state index contributed by atoms with van der Waals surface area (Å²) in [7, 11) is -3.50. The number of rotatable bonds is 5. The van der Waals surface area contributed by atoms with E-state index in [0.29, 0.717) is 0 Å². The van der Waals surface area contributed by atoms with Gasteiger partial charge in [0, 0.05) is 24.2 Å². The van der Waals surface area contributed by atoms with Crippen LogP contribution >= 0.6 is 0 Å². The molecule has 0 saturated carbocycles. The molecule has 0 bridgehead atoms. The van der Waals surface area contributed by atoms with Crippen LogP contribution in [0.2, 0.25) is 0 Å². The Kier molecular flexibility index (Phi) is 4.95. The van der Waals surface area contributed by atoms with E-state index in [4.69, 9.17) is 0 Å². The number of allylic oxidation sites excluding steroid dienone is 1. The minimum Gasteiger partial charge on any atom is -0.311 e. The molecule has 0 aliphatic carbocycles. The molecule has 0 aliphatic rings. The predicted octanol–water partition coefficient (Wildman–Crippen LogP) is 3.50. The van der Waals surface area contributed by atoms with Gasteiger partial charge in [-0.2, -0.15) is 0 Å². The number of nitrogens with zero attached hydrogens (tertiary/aromatic N) is 1. The quantitative estimate of drug-likeness (QED) is 0.707. The Hall–Kier alpha value is -2.92. The van der Waals surface area contributed by atoms with Crippen molar-refractivity contribution in [3.63, 3.8) is 0 Å². The highest BCUT2D eigenvalue weighted by atomic mass is 32.2. The fourth-order valence-corrected chi connectivity index (χ4v) is 3.48. The van der Waals surface area contributed by atoms with Gasteiger partial charge in [0.2, 0.25) is 0 Å². The highest BCUT2D eigenvalue weighted by molar-refractivity contribution is 7.94. The molecule has 0 amide bonds. The molecule has 0 radical (unpaired) electrons. The van der Waals surface area contributed by atoms with E-state index in [1.54, 1.807) is 42.6 Å². The molecule has 126 valence electrons. The molecule has 0 N–H and O–H groups in total. The SMILES string of the molecule is O=c1ccc(-c2ccccc2)cn1C/C=C/S(=O)(=O)c1ccccc1. The summed E-state index contributed by atoms with van der Waals surface area (Å²) in [6, 6.07) is 21.1. The fraction of sp³-hybridized carbons (Fsp3) is 0.0500. The van der Waals surface area contributed by atoms with Crippen LogP contribution in [0.1, 0.15) is 0 Å². The summed E-state index contributed by atoms with van der Waals surface area (Å²) in [4.78, 5) is 12.2. The number of aromatic nitrogens is 1. The van der Waals surface area contributed by atoms with Crippen LogP contribution in [0.5, 0.6) is 0 Å². The number of hydrogen-bond acceptors (Lipinski definition) is 3. The summed E-state index contributed by atoms with van der Waals surface area (Å²) >= 11 is 0. The van der Waals surface area contributed by atoms with Crippen molar-refractivity contribution in [2.75, 3.05) is 0 Å². The number of sulfone groups is 1. The number of hydrogen-bond donors (Lipinski definition) is 0. The zero-order valence-corrected chi connectivity index (χ0v) is 14.3. The number of pyridine rings is 1. The molecule has 25 heavy (non-hydrogen) atoms. The van der Waals surface area contributed by atoms with E-state index in [0.717, 1.165) is 16.5 Å². The Balaban J connectivity index is 1.83. The van der Waals surface area contributed by atoms with Crippen molar-refractivity contribution in [1.29, 1.82) is 0 Å². The van der Waals surface area contributed by atoms with Crippen LogP contribution in [0.25, 0.3) is 11.1 Å². The van der Waals surface area contributed by atoms with Crippen LogP contribution in [-0.4, -0.2) is 13.0 Å². The van der Waals surface area contributed by atoms with Gasteiger partial charge in [0.05, 0.1) is 4.90 Å². The van der Waals surface area contributed by atoms with Crippen molar-refractivity contribution in [3.05, 3.63) is 101 Å². The van der Waals surface area contributed by atoms with E-state index in [1.165, 1.54) is 16.7 Å². The molecule has 0 aliphatic heterocycles. The summed E-state index contributed by atoms with van der Waals surface area (Å²) in [5, 5.41) is 1.14. The van der Waals surface area contributed by atoms with E-state index in [9.17, 15) is 13.2 Å². The van der Waals surface area contributed by atoms with Crippen molar-refractivity contribution in [2.24, 2.45) is 0 Å². The van der Waals surface area contributed by atoms with Gasteiger partial charge in [-0.1, -0.05) is 54.6 Å². The average molecular weight is 351 g/mol. The first-order chi connectivity index (χ1) is 12.1. The Morgan fingerprint density at radius 1 is 0.800 bits per heavy atom. The Morgan fingerprint density at radius 3 is 2.12 bits per heavy atom. The zero-order valence-electron chi connectivity index (χ0n) is 13.4. The molecule has 0 atom stereocenters. The van der Waals surface area contributed by atoms with Crippen LogP contribution in [0.15, 0.2) is 100 Å². The van der Waals surface area contributed by atoms with E-state index in [2.05, 4.69) is 0 Å². The molecule has 1 aromatic heterocycles. The second kappa shape index (κ2) is 7.32. The third-order valence-electron chi connectivity index (χ3n) is 3.74. The summed E-state index contributed by atoms with van der Waals surface area (Å²) in [6.07, 6.45) is 3.22. The van der Waals surface area contributed by atoms with Gasteiger partial charge in [-0.3, -0.25) is 4.79 Å². The maximum absolute atomic E-state index is 12.2. The molecule has 1 heterocycles. The van der Waals surface area contributed by atoms with Gasteiger partial charge in [-0.05, 0) is 29.3 Å². The lowest BCUT2D eigenvalue weighted by Crippen LogP contribution is -2.17. The Labute approximate surface area is 146 Å². The van der Waals surface area contributed by atoms with Crippen LogP contribution in [0.3, 0.4) is 0 Å². The average Bonchev–Trinajstić information content (AvgIpc) is 2.64. The molecule has 0 spiro atoms. The first kappa shape index (κ1) is 16.9. The standard InChI is InChI=1S/C20H17NO3S/c22-20-13-12-18(17-8-3-1-4-9-17)16-21(20)14-7-15-25(23,24)19-10-5-2-6-11-19/h1-13,15-16H,14H2/b15-7+. The molecule has 3 rings (SSSR count). The number of benzene rings is 2. The third-order valence-corrected chi connectivity index (χ3v) is 5.22. The van der Waals surface area contributed by atoms with Gasteiger partial charge in [-0.25, -0.2) is 8.42 Å². The monoisotopic (exact) mass is 351 g/mol. The smallest absolute Gasteiger partial charge is 0.250 e. The van der Waals surface area contributed by atoms with Crippen molar-refractivity contribution in [1.82, 2.24) is 4.57 Å². The third kappa shape index (κ3) is 4.14. The van der Waals surface area contributed by atoms with E-state index in [1.807, 2.05) is 30.3 Å². The summed E-state index contributed by atoms with van der Waals surface area (Å²) in [5.74, 6) is 0. The maximum atomic E-state index is 12.2. The van der Waals surface area contributed by atoms with Gasteiger partial charge in [0.25, 0.3) is 5.56 Å². The van der Waals surface area contributed by atoms with Crippen molar-refractivity contribution < 1.29 is 8.42 Å². The summed E-state index contributed by atoms with van der Waals surface area (Å²) in [5.41, 5.74) is 1.72. The predicted molar refractivity (Wildman–Crippen MR) is 98.9 cm³/mol. The molecular weight excluding hydrogens is 334 g/mol. The van der Waals surface area contributed by atoms with Crippen molar-refractivity contribution in [2.45, 2.75) is 11.4 Å². The first-order valence-electron chi connectivity index (χ1n) is 7.79. The Bertz CT molecular complexity index is 1040. The largest absolute Gasteiger partial charge is 0.311 e. The lowest BCUT2D eigenvalue weighted by atomic mass is 10.1. The van der Waals surface area contributed by atoms with Gasteiger partial charge >= 0.3 is 0 Å². The molecule has 3 aromatic rings. The Morgan fingerprint density at radius 2 is 1.44 bits per heavy atom. The molecule has 0 saturated heterocycles. The van der Waals surface area contributed by atoms with E-state index < -0.39 is 9.84 Å². The molecule has 2 aromatic carbocycles. The lowest BCUT2D eigenvalue weighted by Gasteiger charge is -2.06. The summed E-state index contributed by atoms with van der Waals surface area (Å²) < 4.78 is 25.9. The molecular formula is C20H17NO3S. The second-order valence-corrected chi connectivity index (χ2v) is 7.34. The second-order valence-electron chi connectivity index (χ2n) is 5.50. The fourth-order valence-electron chi connectivity index (χ4n) is 2.45. The molecule has 0 fully saturated rings. The molecule has 0 unspecified atom stereocenters. The molecule has 4 nitrogen and oxygen atoms in total. The van der Waals surface area contributed by atoms with Gasteiger partial charge in [0.1, 0.15) is 0 Å². The van der Waals surface area contributed by atoms with Gasteiger partial charge in [-0.15, -0.1) is 0 Å². The van der Waals surface area contributed by atoms with Crippen LogP contribution in [0, 0.1) is 0 Å². The lowest BCUT2D eigenvalue weighted by molar-refractivity contribution is 0.604. The van der Waals surface area contributed by atoms with Gasteiger partial charge in [0.15, 0.2) is 9.84 Å². The van der Waals surface area contributed by atoms with Crippen LogP contribution in [-0.2, 0) is 16.4 Å². The maximum Gasteiger partial charge on any atom is 0.250 e. The first-order valence-corrected chi connectivity index (χ1v) is 9.33. The van der Waals surface area contributed by atoms with Crippen LogP contribution < -0.4 is 5.56 Å².